The molecular weight excluding hydrogens is 304 g/mol. The molecule has 122 valence electrons. The Balaban J connectivity index is 1.47. The Kier molecular flexibility index (Phi) is 4.91. The summed E-state index contributed by atoms with van der Waals surface area (Å²) in [4.78, 5) is 23.3. The number of alkyl carbamates (subject to hydrolysis) is 1. The number of ether oxygens (including phenoxy) is 1. The van der Waals surface area contributed by atoms with Gasteiger partial charge in [0.1, 0.15) is 6.61 Å². The highest BCUT2D eigenvalue weighted by Crippen LogP contribution is 2.20. The quantitative estimate of drug-likeness (QED) is 0.889. The van der Waals surface area contributed by atoms with Crippen LogP contribution in [0.4, 0.5) is 4.79 Å². The number of hydrogen-bond acceptors (Lipinski definition) is 3. The Hall–Kier alpha value is -3.08. The van der Waals surface area contributed by atoms with Crippen molar-refractivity contribution in [2.75, 3.05) is 6.54 Å². The van der Waals surface area contributed by atoms with E-state index in [0.717, 1.165) is 16.7 Å². The molecule has 0 saturated carbocycles. The van der Waals surface area contributed by atoms with E-state index < -0.39 is 6.09 Å². The summed E-state index contributed by atoms with van der Waals surface area (Å²) in [5.74, 6) is -0.0390. The van der Waals surface area contributed by atoms with Crippen molar-refractivity contribution in [2.24, 2.45) is 0 Å². The molecule has 0 spiro atoms. The third-order valence-corrected chi connectivity index (χ3v) is 3.76. The molecular formula is C19H18N2O3. The number of benzene rings is 2. The highest BCUT2D eigenvalue weighted by molar-refractivity contribution is 5.99. The van der Waals surface area contributed by atoms with Crippen LogP contribution in [0.1, 0.15) is 27.0 Å². The van der Waals surface area contributed by atoms with Crippen LogP contribution in [-0.4, -0.2) is 18.5 Å². The van der Waals surface area contributed by atoms with Gasteiger partial charge in [-0.05, 0) is 22.8 Å². The summed E-state index contributed by atoms with van der Waals surface area (Å²) in [6.07, 6.45) is 3.28. The minimum Gasteiger partial charge on any atom is -0.445 e. The second kappa shape index (κ2) is 7.46. The predicted octanol–water partition coefficient (Wildman–Crippen LogP) is 2.87. The van der Waals surface area contributed by atoms with Gasteiger partial charge in [-0.2, -0.15) is 0 Å². The van der Waals surface area contributed by atoms with Gasteiger partial charge in [0.25, 0.3) is 5.91 Å². The molecule has 0 radical (unpaired) electrons. The average molecular weight is 322 g/mol. The fraction of sp³-hybridized carbons (Fsp3) is 0.158. The summed E-state index contributed by atoms with van der Waals surface area (Å²) >= 11 is 0. The molecule has 0 aliphatic carbocycles. The van der Waals surface area contributed by atoms with Crippen LogP contribution in [0, 0.1) is 0 Å². The zero-order valence-corrected chi connectivity index (χ0v) is 13.1. The van der Waals surface area contributed by atoms with Crippen LogP contribution in [0.15, 0.2) is 54.6 Å². The lowest BCUT2D eigenvalue weighted by Gasteiger charge is -2.05. The standard InChI is InChI=1S/C19H18N2O3/c22-18-16-10-4-8-15(17(16)12-21-18)9-5-11-20-19(23)24-13-14-6-2-1-3-7-14/h1-10H,11-13H2,(H,20,23)(H,21,22). The van der Waals surface area contributed by atoms with Crippen LogP contribution in [0.25, 0.3) is 6.08 Å². The summed E-state index contributed by atoms with van der Waals surface area (Å²) < 4.78 is 5.13. The topological polar surface area (TPSA) is 67.4 Å². The second-order valence-electron chi connectivity index (χ2n) is 5.40. The summed E-state index contributed by atoms with van der Waals surface area (Å²) in [6.45, 7) is 1.15. The Morgan fingerprint density at radius 2 is 2.00 bits per heavy atom. The molecule has 1 heterocycles. The number of carbonyl (C=O) groups is 2. The van der Waals surface area contributed by atoms with Gasteiger partial charge in [-0.3, -0.25) is 4.79 Å². The van der Waals surface area contributed by atoms with E-state index in [4.69, 9.17) is 4.74 Å². The first-order valence-electron chi connectivity index (χ1n) is 7.75. The van der Waals surface area contributed by atoms with Crippen molar-refractivity contribution in [1.82, 2.24) is 10.6 Å². The van der Waals surface area contributed by atoms with Crippen molar-refractivity contribution in [3.8, 4) is 0 Å². The number of hydrogen-bond donors (Lipinski definition) is 2. The van der Waals surface area contributed by atoms with Crippen LogP contribution >= 0.6 is 0 Å². The monoisotopic (exact) mass is 322 g/mol. The van der Waals surface area contributed by atoms with Crippen molar-refractivity contribution < 1.29 is 14.3 Å². The van der Waals surface area contributed by atoms with Crippen LogP contribution in [0.2, 0.25) is 0 Å². The van der Waals surface area contributed by atoms with Crippen molar-refractivity contribution in [2.45, 2.75) is 13.2 Å². The fourth-order valence-corrected chi connectivity index (χ4v) is 2.54. The summed E-state index contributed by atoms with van der Waals surface area (Å²) in [7, 11) is 0. The first kappa shape index (κ1) is 15.8. The van der Waals surface area contributed by atoms with Gasteiger partial charge in [-0.1, -0.05) is 54.6 Å². The lowest BCUT2D eigenvalue weighted by atomic mass is 10.0. The van der Waals surface area contributed by atoms with Crippen LogP contribution in [0.5, 0.6) is 0 Å². The van der Waals surface area contributed by atoms with Crippen LogP contribution in [-0.2, 0) is 17.9 Å². The maximum atomic E-state index is 11.6. The van der Waals surface area contributed by atoms with Crippen molar-refractivity contribution in [1.29, 1.82) is 0 Å². The van der Waals surface area contributed by atoms with Crippen molar-refractivity contribution in [3.63, 3.8) is 0 Å². The van der Waals surface area contributed by atoms with Gasteiger partial charge < -0.3 is 15.4 Å². The second-order valence-corrected chi connectivity index (χ2v) is 5.40. The highest BCUT2D eigenvalue weighted by atomic mass is 16.5. The van der Waals surface area contributed by atoms with Gasteiger partial charge in [0.05, 0.1) is 0 Å². The third-order valence-electron chi connectivity index (χ3n) is 3.76. The van der Waals surface area contributed by atoms with Gasteiger partial charge in [0.15, 0.2) is 0 Å². The van der Waals surface area contributed by atoms with Gasteiger partial charge in [-0.25, -0.2) is 4.79 Å². The zero-order valence-electron chi connectivity index (χ0n) is 13.1. The molecule has 5 nitrogen and oxygen atoms in total. The highest BCUT2D eigenvalue weighted by Gasteiger charge is 2.19. The van der Waals surface area contributed by atoms with Crippen LogP contribution < -0.4 is 10.6 Å². The predicted molar refractivity (Wildman–Crippen MR) is 91.3 cm³/mol. The van der Waals surface area contributed by atoms with Gasteiger partial charge >= 0.3 is 6.09 Å². The molecule has 3 rings (SSSR count). The molecule has 1 aliphatic rings. The number of carbonyl (C=O) groups excluding carboxylic acids is 2. The maximum Gasteiger partial charge on any atom is 0.407 e. The van der Waals surface area contributed by atoms with E-state index in [1.807, 2.05) is 60.7 Å². The minimum absolute atomic E-state index is 0.0390. The third kappa shape index (κ3) is 3.81. The van der Waals surface area contributed by atoms with E-state index in [0.29, 0.717) is 18.7 Å². The molecule has 2 aromatic carbocycles. The van der Waals surface area contributed by atoms with E-state index in [1.54, 1.807) is 0 Å². The maximum absolute atomic E-state index is 11.6. The smallest absolute Gasteiger partial charge is 0.407 e. The normalized spacial score (nSPS) is 12.8. The molecule has 2 aromatic rings. The fourth-order valence-electron chi connectivity index (χ4n) is 2.54. The lowest BCUT2D eigenvalue weighted by Crippen LogP contribution is -2.24. The Bertz CT molecular complexity index is 769. The van der Waals surface area contributed by atoms with E-state index >= 15 is 0 Å². The molecule has 2 amide bonds. The summed E-state index contributed by atoms with van der Waals surface area (Å²) in [6, 6.07) is 15.1. The molecule has 1 aliphatic heterocycles. The number of nitrogens with one attached hydrogen (secondary N) is 2. The molecule has 0 unspecified atom stereocenters. The number of rotatable bonds is 5. The number of fused-ring (bicyclic) bond motifs is 1. The minimum atomic E-state index is -0.460. The average Bonchev–Trinajstić information content (AvgIpc) is 3.00. The van der Waals surface area contributed by atoms with E-state index in [2.05, 4.69) is 10.6 Å². The molecule has 5 heteroatoms. The van der Waals surface area contributed by atoms with Gasteiger partial charge in [0.2, 0.25) is 0 Å². The first-order chi connectivity index (χ1) is 11.7. The van der Waals surface area contributed by atoms with Crippen LogP contribution in [0.3, 0.4) is 0 Å². The van der Waals surface area contributed by atoms with Crippen molar-refractivity contribution >= 4 is 18.1 Å². The molecule has 24 heavy (non-hydrogen) atoms. The molecule has 0 saturated heterocycles. The summed E-state index contributed by atoms with van der Waals surface area (Å²) in [5, 5.41) is 5.47. The van der Waals surface area contributed by atoms with Crippen molar-refractivity contribution in [3.05, 3.63) is 76.9 Å². The molecule has 0 bridgehead atoms. The number of amides is 2. The van der Waals surface area contributed by atoms with E-state index in [-0.39, 0.29) is 12.5 Å². The molecule has 0 fully saturated rings. The van der Waals surface area contributed by atoms with Gasteiger partial charge in [0, 0.05) is 18.7 Å². The SMILES string of the molecule is O=C(NCC=Cc1cccc2c1CNC2=O)OCc1ccccc1. The Labute approximate surface area is 140 Å². The van der Waals surface area contributed by atoms with E-state index in [9.17, 15) is 9.59 Å². The zero-order chi connectivity index (χ0) is 16.8. The summed E-state index contributed by atoms with van der Waals surface area (Å²) in [5.41, 5.74) is 3.63. The largest absolute Gasteiger partial charge is 0.445 e. The van der Waals surface area contributed by atoms with Gasteiger partial charge in [-0.15, -0.1) is 0 Å². The Morgan fingerprint density at radius 1 is 1.17 bits per heavy atom. The first-order valence-corrected chi connectivity index (χ1v) is 7.75. The lowest BCUT2D eigenvalue weighted by molar-refractivity contribution is 0.0965. The molecule has 0 aromatic heterocycles. The van der Waals surface area contributed by atoms with E-state index in [1.165, 1.54) is 0 Å². The Morgan fingerprint density at radius 3 is 2.83 bits per heavy atom. The molecule has 0 atom stereocenters. The molecule has 2 N–H and O–H groups in total.